The number of hydrogen-bond donors (Lipinski definition) is 1. The molecule has 1 fully saturated rings. The number of piperidine rings is 1. The molecule has 3 rings (SSSR count). The number of nitrogens with one attached hydrogen (secondary N) is 1. The average molecular weight is 297 g/mol. The molecule has 6 heteroatoms. The van der Waals surface area contributed by atoms with Gasteiger partial charge in [0.15, 0.2) is 5.69 Å². The maximum absolute atomic E-state index is 13.6. The first kappa shape index (κ1) is 14.3. The van der Waals surface area contributed by atoms with Crippen molar-refractivity contribution < 1.29 is 4.39 Å². The standard InChI is InChI=1S/C16H16FN5/c17-14-3-1-2-4-15(14)21-12-5-7-22(8-6-12)16-11-19-13(9-18)10-20-16/h1-4,10-12,21H,5-8H2. The van der Waals surface area contributed by atoms with E-state index in [0.717, 1.165) is 31.7 Å². The fourth-order valence-corrected chi connectivity index (χ4v) is 2.59. The number of halogens is 1. The Bertz CT molecular complexity index is 672. The highest BCUT2D eigenvalue weighted by atomic mass is 19.1. The number of rotatable bonds is 3. The van der Waals surface area contributed by atoms with Crippen LogP contribution in [-0.2, 0) is 0 Å². The van der Waals surface area contributed by atoms with Crippen molar-refractivity contribution in [3.8, 4) is 6.07 Å². The minimum absolute atomic E-state index is 0.220. The van der Waals surface area contributed by atoms with Crippen molar-refractivity contribution in [1.29, 1.82) is 5.26 Å². The average Bonchev–Trinajstić information content (AvgIpc) is 2.58. The van der Waals surface area contributed by atoms with Gasteiger partial charge in [0.05, 0.1) is 18.1 Å². The molecule has 0 unspecified atom stereocenters. The summed E-state index contributed by atoms with van der Waals surface area (Å²) in [6.45, 7) is 1.65. The second-order valence-corrected chi connectivity index (χ2v) is 5.26. The third-order valence-electron chi connectivity index (χ3n) is 3.81. The van der Waals surface area contributed by atoms with Gasteiger partial charge in [-0.25, -0.2) is 14.4 Å². The van der Waals surface area contributed by atoms with Crippen molar-refractivity contribution in [2.75, 3.05) is 23.3 Å². The van der Waals surface area contributed by atoms with E-state index in [2.05, 4.69) is 20.2 Å². The minimum atomic E-state index is -0.220. The lowest BCUT2D eigenvalue weighted by Crippen LogP contribution is -2.39. The highest BCUT2D eigenvalue weighted by molar-refractivity contribution is 5.46. The van der Waals surface area contributed by atoms with Crippen LogP contribution >= 0.6 is 0 Å². The van der Waals surface area contributed by atoms with E-state index >= 15 is 0 Å². The van der Waals surface area contributed by atoms with Gasteiger partial charge in [0, 0.05) is 19.1 Å². The molecule has 112 valence electrons. The van der Waals surface area contributed by atoms with E-state index in [-0.39, 0.29) is 11.9 Å². The molecular weight excluding hydrogens is 281 g/mol. The van der Waals surface area contributed by atoms with Gasteiger partial charge in [-0.2, -0.15) is 5.26 Å². The maximum atomic E-state index is 13.6. The lowest BCUT2D eigenvalue weighted by molar-refractivity contribution is 0.519. The zero-order valence-electron chi connectivity index (χ0n) is 12.0. The van der Waals surface area contributed by atoms with Gasteiger partial charge < -0.3 is 10.2 Å². The molecule has 0 radical (unpaired) electrons. The van der Waals surface area contributed by atoms with Crippen LogP contribution in [0.15, 0.2) is 36.7 Å². The van der Waals surface area contributed by atoms with Gasteiger partial charge in [-0.3, -0.25) is 0 Å². The van der Waals surface area contributed by atoms with Gasteiger partial charge >= 0.3 is 0 Å². The van der Waals surface area contributed by atoms with Crippen molar-refractivity contribution in [2.45, 2.75) is 18.9 Å². The summed E-state index contributed by atoms with van der Waals surface area (Å²) in [6.07, 6.45) is 4.91. The summed E-state index contributed by atoms with van der Waals surface area (Å²) in [5.41, 5.74) is 0.874. The highest BCUT2D eigenvalue weighted by Crippen LogP contribution is 2.21. The van der Waals surface area contributed by atoms with E-state index in [1.807, 2.05) is 12.1 Å². The molecule has 0 spiro atoms. The monoisotopic (exact) mass is 297 g/mol. The Kier molecular flexibility index (Phi) is 4.15. The van der Waals surface area contributed by atoms with Gasteiger partial charge in [-0.1, -0.05) is 12.1 Å². The quantitative estimate of drug-likeness (QED) is 0.943. The normalized spacial score (nSPS) is 15.4. The number of hydrogen-bond acceptors (Lipinski definition) is 5. The predicted molar refractivity (Wildman–Crippen MR) is 82.0 cm³/mol. The number of nitriles is 1. The molecule has 0 aliphatic carbocycles. The SMILES string of the molecule is N#Cc1cnc(N2CCC(Nc3ccccc3F)CC2)cn1. The van der Waals surface area contributed by atoms with E-state index in [1.165, 1.54) is 12.3 Å². The lowest BCUT2D eigenvalue weighted by Gasteiger charge is -2.33. The van der Waals surface area contributed by atoms with Crippen LogP contribution in [0.4, 0.5) is 15.9 Å². The van der Waals surface area contributed by atoms with Crippen LogP contribution in [0.3, 0.4) is 0 Å². The summed E-state index contributed by atoms with van der Waals surface area (Å²) >= 11 is 0. The highest BCUT2D eigenvalue weighted by Gasteiger charge is 2.20. The van der Waals surface area contributed by atoms with Crippen molar-refractivity contribution in [1.82, 2.24) is 9.97 Å². The number of aromatic nitrogens is 2. The molecule has 0 bridgehead atoms. The molecule has 22 heavy (non-hydrogen) atoms. The van der Waals surface area contributed by atoms with Gasteiger partial charge in [0.25, 0.3) is 0 Å². The molecule has 1 aromatic heterocycles. The molecule has 2 aromatic rings. The first-order valence-electron chi connectivity index (χ1n) is 7.24. The molecule has 2 heterocycles. The van der Waals surface area contributed by atoms with Crippen molar-refractivity contribution in [3.05, 3.63) is 48.2 Å². The largest absolute Gasteiger partial charge is 0.380 e. The Labute approximate surface area is 128 Å². The fraction of sp³-hybridized carbons (Fsp3) is 0.312. The molecule has 0 saturated carbocycles. The molecule has 1 saturated heterocycles. The van der Waals surface area contributed by atoms with Crippen LogP contribution in [-0.4, -0.2) is 29.1 Å². The minimum Gasteiger partial charge on any atom is -0.380 e. The second kappa shape index (κ2) is 6.39. The van der Waals surface area contributed by atoms with Crippen molar-refractivity contribution in [2.24, 2.45) is 0 Å². The molecule has 5 nitrogen and oxygen atoms in total. The Morgan fingerprint density at radius 2 is 1.95 bits per heavy atom. The van der Waals surface area contributed by atoms with E-state index in [0.29, 0.717) is 11.4 Å². The Morgan fingerprint density at radius 3 is 2.59 bits per heavy atom. The molecule has 1 aliphatic rings. The maximum Gasteiger partial charge on any atom is 0.158 e. The second-order valence-electron chi connectivity index (χ2n) is 5.26. The summed E-state index contributed by atoms with van der Waals surface area (Å²) in [6, 6.07) is 8.94. The summed E-state index contributed by atoms with van der Waals surface area (Å²) in [4.78, 5) is 10.4. The summed E-state index contributed by atoms with van der Waals surface area (Å²) in [5.74, 6) is 0.561. The third kappa shape index (κ3) is 3.14. The first-order chi connectivity index (χ1) is 10.8. The summed E-state index contributed by atoms with van der Waals surface area (Å²) in [5, 5.41) is 12.0. The molecule has 1 aromatic carbocycles. The molecule has 1 N–H and O–H groups in total. The lowest BCUT2D eigenvalue weighted by atomic mass is 10.0. The van der Waals surface area contributed by atoms with Crippen LogP contribution in [0.5, 0.6) is 0 Å². The van der Waals surface area contributed by atoms with Crippen LogP contribution in [0.1, 0.15) is 18.5 Å². The molecule has 1 aliphatic heterocycles. The number of anilines is 2. The third-order valence-corrected chi connectivity index (χ3v) is 3.81. The van der Waals surface area contributed by atoms with E-state index < -0.39 is 0 Å². The van der Waals surface area contributed by atoms with E-state index in [1.54, 1.807) is 18.3 Å². The van der Waals surface area contributed by atoms with Crippen LogP contribution < -0.4 is 10.2 Å². The summed E-state index contributed by atoms with van der Waals surface area (Å²) < 4.78 is 13.6. The van der Waals surface area contributed by atoms with E-state index in [4.69, 9.17) is 5.26 Å². The molecular formula is C16H16FN5. The van der Waals surface area contributed by atoms with E-state index in [9.17, 15) is 4.39 Å². The van der Waals surface area contributed by atoms with Crippen LogP contribution in [0, 0.1) is 17.1 Å². The first-order valence-corrected chi connectivity index (χ1v) is 7.24. The molecule has 0 amide bonds. The number of nitrogens with zero attached hydrogens (tertiary/aromatic N) is 4. The summed E-state index contributed by atoms with van der Waals surface area (Å²) in [7, 11) is 0. The Morgan fingerprint density at radius 1 is 1.18 bits per heavy atom. The van der Waals surface area contributed by atoms with Crippen molar-refractivity contribution in [3.63, 3.8) is 0 Å². The molecule has 0 atom stereocenters. The van der Waals surface area contributed by atoms with Crippen molar-refractivity contribution >= 4 is 11.5 Å². The fourth-order valence-electron chi connectivity index (χ4n) is 2.59. The zero-order chi connectivity index (χ0) is 15.4. The van der Waals surface area contributed by atoms with Gasteiger partial charge in [-0.05, 0) is 25.0 Å². The number of benzene rings is 1. The number of para-hydroxylation sites is 1. The van der Waals surface area contributed by atoms with Crippen LogP contribution in [0.25, 0.3) is 0 Å². The predicted octanol–water partition coefficient (Wildman–Crippen LogP) is 2.57. The smallest absolute Gasteiger partial charge is 0.158 e. The Balaban J connectivity index is 1.58. The van der Waals surface area contributed by atoms with Gasteiger partial charge in [-0.15, -0.1) is 0 Å². The van der Waals surface area contributed by atoms with Gasteiger partial charge in [0.2, 0.25) is 0 Å². The van der Waals surface area contributed by atoms with Gasteiger partial charge in [0.1, 0.15) is 17.7 Å². The Hall–Kier alpha value is -2.68. The topological polar surface area (TPSA) is 64.8 Å². The zero-order valence-corrected chi connectivity index (χ0v) is 12.0. The van der Waals surface area contributed by atoms with Crippen LogP contribution in [0.2, 0.25) is 0 Å².